The van der Waals surface area contributed by atoms with E-state index in [-0.39, 0.29) is 18.9 Å². The van der Waals surface area contributed by atoms with E-state index in [1.807, 2.05) is 60.9 Å². The number of carbonyl (C=O) groups is 2. The van der Waals surface area contributed by atoms with Gasteiger partial charge in [-0.3, -0.25) is 9.59 Å². The first-order valence-electron chi connectivity index (χ1n) is 7.95. The molecule has 25 heavy (non-hydrogen) atoms. The van der Waals surface area contributed by atoms with Gasteiger partial charge in [0.15, 0.2) is 6.61 Å². The van der Waals surface area contributed by atoms with Crippen LogP contribution >= 0.6 is 11.8 Å². The number of amides is 1. The van der Waals surface area contributed by atoms with Crippen LogP contribution in [0.5, 0.6) is 5.75 Å². The second kappa shape index (κ2) is 10.4. The highest BCUT2D eigenvalue weighted by Gasteiger charge is 2.09. The molecule has 0 aliphatic carbocycles. The number of ether oxygens (including phenoxy) is 2. The lowest BCUT2D eigenvalue weighted by Gasteiger charge is -2.10. The second-order valence-electron chi connectivity index (χ2n) is 5.17. The van der Waals surface area contributed by atoms with Gasteiger partial charge in [-0.1, -0.05) is 30.3 Å². The highest BCUT2D eigenvalue weighted by molar-refractivity contribution is 7.98. The Morgan fingerprint density at radius 2 is 1.76 bits per heavy atom. The molecule has 0 spiro atoms. The topological polar surface area (TPSA) is 64.6 Å². The van der Waals surface area contributed by atoms with Gasteiger partial charge in [-0.25, -0.2) is 0 Å². The molecular weight excluding hydrogens is 338 g/mol. The molecule has 132 valence electrons. The molecule has 0 aliphatic rings. The van der Waals surface area contributed by atoms with Crippen molar-refractivity contribution in [1.82, 2.24) is 0 Å². The minimum atomic E-state index is -0.412. The van der Waals surface area contributed by atoms with Crippen LogP contribution in [0.15, 0.2) is 59.5 Å². The normalized spacial score (nSPS) is 10.1. The predicted octanol–water partition coefficient (Wildman–Crippen LogP) is 3.75. The van der Waals surface area contributed by atoms with Crippen LogP contribution in [-0.4, -0.2) is 31.3 Å². The van der Waals surface area contributed by atoms with Crippen LogP contribution in [0.2, 0.25) is 0 Å². The average Bonchev–Trinajstić information content (AvgIpc) is 2.65. The summed E-state index contributed by atoms with van der Waals surface area (Å²) in [7, 11) is 0. The van der Waals surface area contributed by atoms with Gasteiger partial charge in [0, 0.05) is 11.3 Å². The second-order valence-corrected chi connectivity index (χ2v) is 6.02. The van der Waals surface area contributed by atoms with E-state index in [1.165, 1.54) is 11.8 Å². The Balaban J connectivity index is 1.63. The van der Waals surface area contributed by atoms with Crippen LogP contribution < -0.4 is 10.1 Å². The standard InChI is InChI=1S/C19H21NO4S/c1-25-17-11-6-5-10-16(17)20-18(21)14-24-19(22)12-7-13-23-15-8-3-2-4-9-15/h2-6,8-11H,7,12-14H2,1H3,(H,20,21). The zero-order valence-electron chi connectivity index (χ0n) is 14.1. The summed E-state index contributed by atoms with van der Waals surface area (Å²) in [6, 6.07) is 16.9. The van der Waals surface area contributed by atoms with Crippen LogP contribution in [-0.2, 0) is 14.3 Å². The highest BCUT2D eigenvalue weighted by Crippen LogP contribution is 2.24. The van der Waals surface area contributed by atoms with E-state index < -0.39 is 5.97 Å². The lowest BCUT2D eigenvalue weighted by Crippen LogP contribution is -2.21. The summed E-state index contributed by atoms with van der Waals surface area (Å²) in [5.74, 6) is 0.00283. The maximum atomic E-state index is 11.9. The molecule has 2 aromatic carbocycles. The van der Waals surface area contributed by atoms with Crippen molar-refractivity contribution in [2.45, 2.75) is 17.7 Å². The van der Waals surface area contributed by atoms with Gasteiger partial charge in [0.05, 0.1) is 12.3 Å². The molecule has 0 unspecified atom stereocenters. The van der Waals surface area contributed by atoms with E-state index in [0.717, 1.165) is 10.6 Å². The number of hydrogen-bond acceptors (Lipinski definition) is 5. The number of benzene rings is 2. The monoisotopic (exact) mass is 359 g/mol. The van der Waals surface area contributed by atoms with E-state index in [2.05, 4.69) is 5.32 Å². The average molecular weight is 359 g/mol. The molecule has 0 aromatic heterocycles. The molecule has 1 N–H and O–H groups in total. The van der Waals surface area contributed by atoms with Crippen molar-refractivity contribution < 1.29 is 19.1 Å². The Labute approximate surface area is 151 Å². The Kier molecular flexibility index (Phi) is 7.85. The Bertz CT molecular complexity index is 691. The molecular formula is C19H21NO4S. The van der Waals surface area contributed by atoms with Gasteiger partial charge in [-0.15, -0.1) is 11.8 Å². The summed E-state index contributed by atoms with van der Waals surface area (Å²) in [5, 5.41) is 2.74. The smallest absolute Gasteiger partial charge is 0.306 e. The molecule has 2 aromatic rings. The third kappa shape index (κ3) is 6.89. The summed E-state index contributed by atoms with van der Waals surface area (Å²) in [5.41, 5.74) is 0.715. The molecule has 0 saturated carbocycles. The molecule has 0 radical (unpaired) electrons. The molecule has 1 amide bonds. The summed E-state index contributed by atoms with van der Waals surface area (Å²) in [6.45, 7) is 0.132. The van der Waals surface area contributed by atoms with E-state index in [1.54, 1.807) is 0 Å². The first kappa shape index (κ1) is 18.9. The number of nitrogens with one attached hydrogen (secondary N) is 1. The third-order valence-corrected chi connectivity index (χ3v) is 4.08. The van der Waals surface area contributed by atoms with Gasteiger partial charge in [-0.05, 0) is 36.9 Å². The minimum Gasteiger partial charge on any atom is -0.494 e. The van der Waals surface area contributed by atoms with Gasteiger partial charge in [0.2, 0.25) is 0 Å². The molecule has 0 saturated heterocycles. The first-order valence-corrected chi connectivity index (χ1v) is 9.18. The fraction of sp³-hybridized carbons (Fsp3) is 0.263. The van der Waals surface area contributed by atoms with Crippen molar-refractivity contribution in [1.29, 1.82) is 0 Å². The van der Waals surface area contributed by atoms with Gasteiger partial charge in [0.1, 0.15) is 5.75 Å². The van der Waals surface area contributed by atoms with Crippen LogP contribution in [0.4, 0.5) is 5.69 Å². The number of para-hydroxylation sites is 2. The van der Waals surface area contributed by atoms with Crippen molar-refractivity contribution >= 4 is 29.3 Å². The maximum absolute atomic E-state index is 11.9. The number of thioether (sulfide) groups is 1. The molecule has 0 atom stereocenters. The van der Waals surface area contributed by atoms with Crippen LogP contribution in [0.3, 0.4) is 0 Å². The number of carbonyl (C=O) groups excluding carboxylic acids is 2. The number of hydrogen-bond donors (Lipinski definition) is 1. The van der Waals surface area contributed by atoms with Crippen molar-refractivity contribution in [2.24, 2.45) is 0 Å². The number of esters is 1. The molecule has 0 aliphatic heterocycles. The highest BCUT2D eigenvalue weighted by atomic mass is 32.2. The molecule has 0 bridgehead atoms. The molecule has 5 nitrogen and oxygen atoms in total. The fourth-order valence-electron chi connectivity index (χ4n) is 2.08. The van der Waals surface area contributed by atoms with Gasteiger partial charge in [0.25, 0.3) is 5.91 Å². The summed E-state index contributed by atoms with van der Waals surface area (Å²) in [4.78, 5) is 24.5. The fourth-order valence-corrected chi connectivity index (χ4v) is 2.63. The summed E-state index contributed by atoms with van der Waals surface area (Å²) < 4.78 is 10.5. The van der Waals surface area contributed by atoms with Crippen LogP contribution in [0, 0.1) is 0 Å². The van der Waals surface area contributed by atoms with Crippen molar-refractivity contribution in [3.8, 4) is 5.75 Å². The largest absolute Gasteiger partial charge is 0.494 e. The number of anilines is 1. The Morgan fingerprint density at radius 1 is 1.04 bits per heavy atom. The quantitative estimate of drug-likeness (QED) is 0.420. The lowest BCUT2D eigenvalue weighted by atomic mass is 10.3. The molecule has 0 fully saturated rings. The SMILES string of the molecule is CSc1ccccc1NC(=O)COC(=O)CCCOc1ccccc1. The minimum absolute atomic E-state index is 0.210. The zero-order chi connectivity index (χ0) is 17.9. The lowest BCUT2D eigenvalue weighted by molar-refractivity contribution is -0.147. The Morgan fingerprint density at radius 3 is 2.52 bits per heavy atom. The van der Waals surface area contributed by atoms with E-state index >= 15 is 0 Å². The predicted molar refractivity (Wildman–Crippen MR) is 99.0 cm³/mol. The van der Waals surface area contributed by atoms with Gasteiger partial charge >= 0.3 is 5.97 Å². The molecule has 6 heteroatoms. The van der Waals surface area contributed by atoms with Crippen LogP contribution in [0.25, 0.3) is 0 Å². The van der Waals surface area contributed by atoms with Crippen molar-refractivity contribution in [2.75, 3.05) is 24.8 Å². The molecule has 2 rings (SSSR count). The maximum Gasteiger partial charge on any atom is 0.306 e. The Hall–Kier alpha value is -2.47. The van der Waals surface area contributed by atoms with Gasteiger partial charge in [-0.2, -0.15) is 0 Å². The molecule has 0 heterocycles. The van der Waals surface area contributed by atoms with Gasteiger partial charge < -0.3 is 14.8 Å². The third-order valence-electron chi connectivity index (χ3n) is 3.28. The van der Waals surface area contributed by atoms with E-state index in [0.29, 0.717) is 18.7 Å². The number of rotatable bonds is 9. The van der Waals surface area contributed by atoms with Crippen molar-refractivity contribution in [3.05, 3.63) is 54.6 Å². The zero-order valence-corrected chi connectivity index (χ0v) is 14.9. The van der Waals surface area contributed by atoms with Crippen molar-refractivity contribution in [3.63, 3.8) is 0 Å². The van der Waals surface area contributed by atoms with E-state index in [9.17, 15) is 9.59 Å². The van der Waals surface area contributed by atoms with E-state index in [4.69, 9.17) is 9.47 Å². The van der Waals surface area contributed by atoms with Crippen LogP contribution in [0.1, 0.15) is 12.8 Å². The summed E-state index contributed by atoms with van der Waals surface area (Å²) >= 11 is 1.54. The first-order chi connectivity index (χ1) is 12.2. The summed E-state index contributed by atoms with van der Waals surface area (Å²) in [6.07, 6.45) is 2.68.